The van der Waals surface area contributed by atoms with E-state index >= 15 is 0 Å². The Balaban J connectivity index is 5.26. The minimum Gasteiger partial charge on any atom is -0.437 e. The standard InChI is InChI=1S/C30H82O11Si10/c1-42(2,3)34-46(10,11)38-50(18,19)39-47(12,13)35-43(4,5)26-22-24-30(28-31,29-32)25-23-27-44(6,7)36-48(14,15)40-51(20,21)41-49(16,17)37-45(8,9)33/h31-33H,22-29H2,1-21H3. The first-order valence-electron chi connectivity index (χ1n) is 18.7. The molecule has 0 aliphatic rings. The Morgan fingerprint density at radius 2 is 0.627 bits per heavy atom. The summed E-state index contributed by atoms with van der Waals surface area (Å²) < 4.78 is 52.5. The van der Waals surface area contributed by atoms with Crippen LogP contribution in [0, 0.1) is 5.41 Å². The van der Waals surface area contributed by atoms with Gasteiger partial charge in [0.1, 0.15) is 0 Å². The van der Waals surface area contributed by atoms with Gasteiger partial charge in [-0.05, 0) is 162 Å². The van der Waals surface area contributed by atoms with Crippen molar-refractivity contribution >= 4 is 84.9 Å². The van der Waals surface area contributed by atoms with Crippen molar-refractivity contribution in [2.45, 2.75) is 175 Å². The molecule has 11 nitrogen and oxygen atoms in total. The summed E-state index contributed by atoms with van der Waals surface area (Å²) in [5.41, 5.74) is -0.542. The number of rotatable bonds is 26. The minimum atomic E-state index is -2.73. The third kappa shape index (κ3) is 24.9. The highest BCUT2D eigenvalue weighted by molar-refractivity contribution is 6.91. The van der Waals surface area contributed by atoms with Crippen molar-refractivity contribution in [2.24, 2.45) is 5.41 Å². The van der Waals surface area contributed by atoms with Gasteiger partial charge in [0.15, 0.2) is 25.0 Å². The van der Waals surface area contributed by atoms with E-state index in [1.54, 1.807) is 13.1 Å². The van der Waals surface area contributed by atoms with Crippen LogP contribution in [0.25, 0.3) is 0 Å². The van der Waals surface area contributed by atoms with E-state index in [-0.39, 0.29) is 13.2 Å². The Morgan fingerprint density at radius 3 is 0.882 bits per heavy atom. The Hall–Kier alpha value is 1.73. The van der Waals surface area contributed by atoms with Gasteiger partial charge in [0.25, 0.3) is 0 Å². The Morgan fingerprint density at radius 1 is 0.373 bits per heavy atom. The number of aliphatic hydroxyl groups is 2. The van der Waals surface area contributed by atoms with Crippen LogP contribution in [0.1, 0.15) is 25.7 Å². The molecule has 0 bridgehead atoms. The molecule has 0 heterocycles. The van der Waals surface area contributed by atoms with Crippen molar-refractivity contribution in [1.29, 1.82) is 0 Å². The molecule has 0 saturated heterocycles. The molecule has 308 valence electrons. The number of aliphatic hydroxyl groups excluding tert-OH is 2. The predicted octanol–water partition coefficient (Wildman–Crippen LogP) is 8.80. The fourth-order valence-electron chi connectivity index (χ4n) is 7.53. The molecule has 0 unspecified atom stereocenters. The molecule has 0 aromatic heterocycles. The van der Waals surface area contributed by atoms with Gasteiger partial charge in [-0.25, -0.2) is 0 Å². The molecule has 0 atom stereocenters. The van der Waals surface area contributed by atoms with Gasteiger partial charge >= 0.3 is 59.9 Å². The van der Waals surface area contributed by atoms with Crippen LogP contribution in [-0.4, -0.2) is 113 Å². The van der Waals surface area contributed by atoms with E-state index in [0.717, 1.165) is 37.8 Å². The molecule has 0 rings (SSSR count). The van der Waals surface area contributed by atoms with E-state index in [9.17, 15) is 15.0 Å². The molecule has 0 aliphatic heterocycles. The largest absolute Gasteiger partial charge is 0.437 e. The molecule has 0 aromatic carbocycles. The van der Waals surface area contributed by atoms with Gasteiger partial charge in [-0.15, -0.1) is 0 Å². The monoisotopic (exact) mass is 898 g/mol. The zero-order chi connectivity index (χ0) is 40.8. The van der Waals surface area contributed by atoms with Gasteiger partial charge in [0, 0.05) is 5.41 Å². The lowest BCUT2D eigenvalue weighted by atomic mass is 9.81. The first kappa shape index (κ1) is 52.7. The normalized spacial score (nSPS) is 15.5. The maximum Gasteiger partial charge on any atom is 0.320 e. The second-order valence-electron chi connectivity index (χ2n) is 19.8. The van der Waals surface area contributed by atoms with Gasteiger partial charge in [-0.1, -0.05) is 12.8 Å². The molecule has 0 spiro atoms. The average Bonchev–Trinajstić information content (AvgIpc) is 2.74. The Bertz CT molecular complexity index is 978. The third-order valence-electron chi connectivity index (χ3n) is 7.70. The van der Waals surface area contributed by atoms with Crippen LogP contribution < -0.4 is 0 Å². The maximum absolute atomic E-state index is 10.5. The van der Waals surface area contributed by atoms with Gasteiger partial charge in [0.2, 0.25) is 0 Å². The Kier molecular flexibility index (Phi) is 19.6. The quantitative estimate of drug-likeness (QED) is 0.0720. The van der Waals surface area contributed by atoms with Gasteiger partial charge < -0.3 is 47.9 Å². The van der Waals surface area contributed by atoms with E-state index in [2.05, 4.69) is 98.2 Å². The van der Waals surface area contributed by atoms with E-state index < -0.39 is 90.3 Å². The smallest absolute Gasteiger partial charge is 0.320 e. The third-order valence-corrected chi connectivity index (χ3v) is 43.3. The van der Waals surface area contributed by atoms with Gasteiger partial charge in [-0.2, -0.15) is 0 Å². The van der Waals surface area contributed by atoms with Crippen molar-refractivity contribution in [3.8, 4) is 0 Å². The lowest BCUT2D eigenvalue weighted by Gasteiger charge is -2.42. The molecule has 0 saturated carbocycles. The van der Waals surface area contributed by atoms with Crippen molar-refractivity contribution in [2.75, 3.05) is 13.2 Å². The van der Waals surface area contributed by atoms with Gasteiger partial charge in [0.05, 0.1) is 13.2 Å². The zero-order valence-electron chi connectivity index (χ0n) is 36.8. The number of hydrogen-bond acceptors (Lipinski definition) is 11. The van der Waals surface area contributed by atoms with Crippen LogP contribution in [0.3, 0.4) is 0 Å². The van der Waals surface area contributed by atoms with Crippen LogP contribution in [0.15, 0.2) is 0 Å². The average molecular weight is 900 g/mol. The summed E-state index contributed by atoms with van der Waals surface area (Å²) in [5, 5.41) is 21.0. The van der Waals surface area contributed by atoms with Crippen LogP contribution in [0.4, 0.5) is 0 Å². The van der Waals surface area contributed by atoms with Crippen molar-refractivity contribution < 1.29 is 47.9 Å². The fraction of sp³-hybridized carbons (Fsp3) is 1.00. The van der Waals surface area contributed by atoms with E-state index in [1.165, 1.54) is 0 Å². The summed E-state index contributed by atoms with van der Waals surface area (Å²) in [6.45, 7) is 43.7. The molecule has 0 amide bonds. The molecule has 21 heteroatoms. The Labute approximate surface area is 325 Å². The van der Waals surface area contributed by atoms with Crippen molar-refractivity contribution in [3.63, 3.8) is 0 Å². The summed E-state index contributed by atoms with van der Waals surface area (Å²) in [6.07, 6.45) is 3.19. The summed E-state index contributed by atoms with van der Waals surface area (Å²) in [5.74, 6) is 0. The van der Waals surface area contributed by atoms with Gasteiger partial charge in [-0.3, -0.25) is 0 Å². The first-order valence-corrected chi connectivity index (χ1v) is 48.1. The summed E-state index contributed by atoms with van der Waals surface area (Å²) in [6, 6.07) is 1.82. The van der Waals surface area contributed by atoms with Crippen LogP contribution in [0.2, 0.25) is 150 Å². The highest BCUT2D eigenvalue weighted by atomic mass is 28.5. The lowest BCUT2D eigenvalue weighted by Crippen LogP contribution is -2.58. The maximum atomic E-state index is 10.5. The zero-order valence-corrected chi connectivity index (χ0v) is 46.8. The second kappa shape index (κ2) is 19.0. The topological polar surface area (TPSA) is 135 Å². The summed E-state index contributed by atoms with van der Waals surface area (Å²) in [4.78, 5) is 10.3. The summed E-state index contributed by atoms with van der Waals surface area (Å²) in [7, 11) is -23.8. The second-order valence-corrected chi connectivity index (χ2v) is 58.3. The lowest BCUT2D eigenvalue weighted by molar-refractivity contribution is 0.0381. The highest BCUT2D eigenvalue weighted by Crippen LogP contribution is 2.35. The van der Waals surface area contributed by atoms with Crippen molar-refractivity contribution in [3.05, 3.63) is 0 Å². The minimum absolute atomic E-state index is 0.0510. The molecule has 0 fully saturated rings. The predicted molar refractivity (Wildman–Crippen MR) is 236 cm³/mol. The molecular weight excluding hydrogens is 817 g/mol. The van der Waals surface area contributed by atoms with Crippen LogP contribution in [-0.2, 0) is 32.9 Å². The molecular formula is C30H82O11Si10. The molecule has 0 aromatic rings. The molecule has 51 heavy (non-hydrogen) atoms. The van der Waals surface area contributed by atoms with Crippen molar-refractivity contribution in [1.82, 2.24) is 0 Å². The SMILES string of the molecule is C[Si](C)(C)O[Si](C)(C)O[Si](C)(C)O[Si](C)(C)O[Si](C)(C)CCCC(CO)(CO)CCC[Si](C)(C)O[Si](C)(C)O[Si](C)(C)O[Si](C)(C)O[Si](C)(C)O. The highest BCUT2D eigenvalue weighted by Gasteiger charge is 2.47. The first-order chi connectivity index (χ1) is 22.2. The van der Waals surface area contributed by atoms with E-state index in [1.807, 2.05) is 26.2 Å². The molecule has 3 N–H and O–H groups in total. The van der Waals surface area contributed by atoms with Crippen LogP contribution in [0.5, 0.6) is 0 Å². The molecule has 0 aliphatic carbocycles. The number of hydrogen-bond donors (Lipinski definition) is 3. The van der Waals surface area contributed by atoms with Crippen LogP contribution >= 0.6 is 0 Å². The molecule has 0 radical (unpaired) electrons. The van der Waals surface area contributed by atoms with E-state index in [0.29, 0.717) is 0 Å². The summed E-state index contributed by atoms with van der Waals surface area (Å²) >= 11 is 0. The van der Waals surface area contributed by atoms with E-state index in [4.69, 9.17) is 32.9 Å². The fourth-order valence-corrected chi connectivity index (χ4v) is 54.0.